The average Bonchev–Trinajstić information content (AvgIpc) is 2.86. The van der Waals surface area contributed by atoms with E-state index in [9.17, 15) is 0 Å². The van der Waals surface area contributed by atoms with Crippen LogP contribution >= 0.6 is 0 Å². The Bertz CT molecular complexity index is 706. The summed E-state index contributed by atoms with van der Waals surface area (Å²) in [4.78, 5) is 2.59. The molecule has 2 aromatic carbocycles. The van der Waals surface area contributed by atoms with Gasteiger partial charge in [-0.3, -0.25) is 0 Å². The summed E-state index contributed by atoms with van der Waals surface area (Å²) in [6.45, 7) is 6.90. The van der Waals surface area contributed by atoms with Gasteiger partial charge < -0.3 is 4.90 Å². The van der Waals surface area contributed by atoms with Crippen LogP contribution in [0.1, 0.15) is 104 Å². The SMILES string of the molecule is CCCCCCCCCN(CCCCCCCCC)c1ccc(/N=N/c2ccccc2)cc1. The molecule has 0 N–H and O–H groups in total. The third-order valence-corrected chi connectivity index (χ3v) is 6.32. The second-order valence-corrected chi connectivity index (χ2v) is 9.28. The number of benzene rings is 2. The molecule has 0 saturated carbocycles. The van der Waals surface area contributed by atoms with E-state index in [1.54, 1.807) is 0 Å². The number of nitrogens with zero attached hydrogens (tertiary/aromatic N) is 3. The molecule has 3 nitrogen and oxygen atoms in total. The van der Waals surface area contributed by atoms with Crippen LogP contribution in [0, 0.1) is 0 Å². The molecule has 0 fully saturated rings. The Kier molecular flexibility index (Phi) is 15.0. The fraction of sp³-hybridized carbons (Fsp3) is 0.600. The van der Waals surface area contributed by atoms with Crippen LogP contribution in [0.3, 0.4) is 0 Å². The van der Waals surface area contributed by atoms with E-state index >= 15 is 0 Å². The van der Waals surface area contributed by atoms with Gasteiger partial charge in [-0.2, -0.15) is 10.2 Å². The van der Waals surface area contributed by atoms with E-state index in [4.69, 9.17) is 0 Å². The van der Waals surface area contributed by atoms with Crippen molar-refractivity contribution in [1.82, 2.24) is 0 Å². The zero-order chi connectivity index (χ0) is 23.4. The molecule has 0 amide bonds. The molecule has 2 rings (SSSR count). The fourth-order valence-electron chi connectivity index (χ4n) is 4.23. The minimum absolute atomic E-state index is 0.890. The minimum Gasteiger partial charge on any atom is -0.372 e. The summed E-state index contributed by atoms with van der Waals surface area (Å²) in [6, 6.07) is 18.6. The van der Waals surface area contributed by atoms with Gasteiger partial charge in [0, 0.05) is 18.8 Å². The van der Waals surface area contributed by atoms with Crippen molar-refractivity contribution in [3.63, 3.8) is 0 Å². The van der Waals surface area contributed by atoms with Crippen LogP contribution in [0.2, 0.25) is 0 Å². The molecule has 0 spiro atoms. The summed E-state index contributed by atoms with van der Waals surface area (Å²) in [5.74, 6) is 0. The van der Waals surface area contributed by atoms with Crippen molar-refractivity contribution in [1.29, 1.82) is 0 Å². The van der Waals surface area contributed by atoms with E-state index in [0.717, 1.165) is 24.5 Å². The second-order valence-electron chi connectivity index (χ2n) is 9.28. The van der Waals surface area contributed by atoms with E-state index in [-0.39, 0.29) is 0 Å². The first-order chi connectivity index (χ1) is 16.3. The lowest BCUT2D eigenvalue weighted by atomic mass is 10.1. The van der Waals surface area contributed by atoms with Crippen molar-refractivity contribution >= 4 is 17.1 Å². The maximum Gasteiger partial charge on any atom is 0.0858 e. The van der Waals surface area contributed by atoms with Crippen LogP contribution in [0.5, 0.6) is 0 Å². The molecule has 0 saturated heterocycles. The van der Waals surface area contributed by atoms with E-state index in [1.807, 2.05) is 30.3 Å². The number of anilines is 1. The highest BCUT2D eigenvalue weighted by Gasteiger charge is 2.07. The fourth-order valence-corrected chi connectivity index (χ4v) is 4.23. The summed E-state index contributed by atoms with van der Waals surface area (Å²) in [7, 11) is 0. The summed E-state index contributed by atoms with van der Waals surface area (Å²) >= 11 is 0. The first-order valence-corrected chi connectivity index (χ1v) is 13.6. The smallest absolute Gasteiger partial charge is 0.0858 e. The Morgan fingerprint density at radius 2 is 0.909 bits per heavy atom. The summed E-state index contributed by atoms with van der Waals surface area (Å²) < 4.78 is 0. The molecule has 0 atom stereocenters. The molecule has 3 heteroatoms. The summed E-state index contributed by atoms with van der Waals surface area (Å²) in [5, 5.41) is 8.75. The van der Waals surface area contributed by atoms with Crippen molar-refractivity contribution in [2.45, 2.75) is 104 Å². The summed E-state index contributed by atoms with van der Waals surface area (Å²) in [5.41, 5.74) is 3.13. The van der Waals surface area contributed by atoms with Crippen LogP contribution in [-0.2, 0) is 0 Å². The van der Waals surface area contributed by atoms with Crippen molar-refractivity contribution in [2.24, 2.45) is 10.2 Å². The van der Waals surface area contributed by atoms with Gasteiger partial charge in [0.1, 0.15) is 0 Å². The Morgan fingerprint density at radius 3 is 1.39 bits per heavy atom. The van der Waals surface area contributed by atoms with E-state index in [0.29, 0.717) is 0 Å². The highest BCUT2D eigenvalue weighted by atomic mass is 15.1. The standard InChI is InChI=1S/C30H47N3/c1-3-5-7-9-11-13-18-26-33(27-19-14-12-10-8-6-4-2)30-24-22-29(23-25-30)32-31-28-20-16-15-17-21-28/h15-17,20-25H,3-14,18-19,26-27H2,1-2H3/b32-31+. The number of hydrogen-bond acceptors (Lipinski definition) is 3. The maximum atomic E-state index is 4.41. The van der Waals surface area contributed by atoms with Gasteiger partial charge in [-0.05, 0) is 49.2 Å². The average molecular weight is 450 g/mol. The third kappa shape index (κ3) is 12.6. The predicted molar refractivity (Wildman–Crippen MR) is 145 cm³/mol. The van der Waals surface area contributed by atoms with Crippen molar-refractivity contribution in [2.75, 3.05) is 18.0 Å². The van der Waals surface area contributed by atoms with E-state index in [1.165, 1.54) is 95.6 Å². The van der Waals surface area contributed by atoms with Gasteiger partial charge in [0.05, 0.1) is 11.4 Å². The molecule has 0 bridgehead atoms. The van der Waals surface area contributed by atoms with Gasteiger partial charge in [0.25, 0.3) is 0 Å². The molecule has 0 unspecified atom stereocenters. The van der Waals surface area contributed by atoms with Crippen LogP contribution in [-0.4, -0.2) is 13.1 Å². The molecule has 0 aromatic heterocycles. The van der Waals surface area contributed by atoms with Crippen LogP contribution in [0.25, 0.3) is 0 Å². The highest BCUT2D eigenvalue weighted by Crippen LogP contribution is 2.23. The Balaban J connectivity index is 1.84. The maximum absolute atomic E-state index is 4.41. The van der Waals surface area contributed by atoms with E-state index in [2.05, 4.69) is 53.2 Å². The number of rotatable bonds is 19. The lowest BCUT2D eigenvalue weighted by Gasteiger charge is -2.25. The normalized spacial score (nSPS) is 11.3. The molecule has 2 aromatic rings. The second kappa shape index (κ2) is 18.3. The topological polar surface area (TPSA) is 28.0 Å². The van der Waals surface area contributed by atoms with Crippen molar-refractivity contribution in [3.8, 4) is 0 Å². The largest absolute Gasteiger partial charge is 0.372 e. The molecule has 33 heavy (non-hydrogen) atoms. The zero-order valence-electron chi connectivity index (χ0n) is 21.4. The van der Waals surface area contributed by atoms with Crippen LogP contribution in [0.15, 0.2) is 64.8 Å². The van der Waals surface area contributed by atoms with E-state index < -0.39 is 0 Å². The Morgan fingerprint density at radius 1 is 0.485 bits per heavy atom. The Hall–Kier alpha value is -2.16. The minimum atomic E-state index is 0.890. The van der Waals surface area contributed by atoms with Crippen LogP contribution in [0.4, 0.5) is 17.1 Å². The van der Waals surface area contributed by atoms with Gasteiger partial charge in [-0.1, -0.05) is 109 Å². The quantitative estimate of drug-likeness (QED) is 0.155. The third-order valence-electron chi connectivity index (χ3n) is 6.32. The lowest BCUT2D eigenvalue weighted by Crippen LogP contribution is -2.25. The molecular weight excluding hydrogens is 402 g/mol. The molecule has 0 aliphatic rings. The van der Waals surface area contributed by atoms with Gasteiger partial charge in [0.2, 0.25) is 0 Å². The predicted octanol–water partition coefficient (Wildman–Crippen LogP) is 10.4. The van der Waals surface area contributed by atoms with Crippen molar-refractivity contribution in [3.05, 3.63) is 54.6 Å². The monoisotopic (exact) mass is 449 g/mol. The van der Waals surface area contributed by atoms with Crippen LogP contribution < -0.4 is 4.90 Å². The molecule has 0 heterocycles. The summed E-state index contributed by atoms with van der Waals surface area (Å²) in [6.07, 6.45) is 19.1. The highest BCUT2D eigenvalue weighted by molar-refractivity contribution is 5.53. The van der Waals surface area contributed by atoms with Gasteiger partial charge in [0.15, 0.2) is 0 Å². The van der Waals surface area contributed by atoms with Gasteiger partial charge in [-0.15, -0.1) is 0 Å². The molecule has 0 aliphatic heterocycles. The molecule has 0 radical (unpaired) electrons. The Labute approximate surface area is 203 Å². The zero-order valence-corrected chi connectivity index (χ0v) is 21.4. The molecule has 0 aliphatic carbocycles. The first-order valence-electron chi connectivity index (χ1n) is 13.6. The van der Waals surface area contributed by atoms with Crippen molar-refractivity contribution < 1.29 is 0 Å². The number of unbranched alkanes of at least 4 members (excludes halogenated alkanes) is 12. The number of hydrogen-bond donors (Lipinski definition) is 0. The van der Waals surface area contributed by atoms with Gasteiger partial charge >= 0.3 is 0 Å². The molecule has 182 valence electrons. The molecular formula is C30H47N3. The number of azo groups is 1. The first kappa shape index (κ1) is 27.1. The lowest BCUT2D eigenvalue weighted by molar-refractivity contribution is 0.564. The van der Waals surface area contributed by atoms with Gasteiger partial charge in [-0.25, -0.2) is 0 Å².